The number of carbonyl (C=O) groups excluding carboxylic acids is 1. The molecule has 104 valence electrons. The maximum Gasteiger partial charge on any atom is 0.255 e. The lowest BCUT2D eigenvalue weighted by atomic mass is 9.84. The van der Waals surface area contributed by atoms with Crippen LogP contribution in [0.4, 0.5) is 5.69 Å². The number of nitrogen functional groups attached to an aromatic ring is 1. The molecule has 3 nitrogen and oxygen atoms in total. The molecule has 1 amide bonds. The monoisotopic (exact) mass is 260 g/mol. The maximum absolute atomic E-state index is 12.5. The molecule has 0 aromatic heterocycles. The molecule has 0 spiro atoms. The summed E-state index contributed by atoms with van der Waals surface area (Å²) in [4.78, 5) is 14.3. The number of rotatable bonds is 3. The minimum Gasteiger partial charge on any atom is -0.398 e. The Balaban J connectivity index is 2.02. The van der Waals surface area contributed by atoms with Gasteiger partial charge in [0.25, 0.3) is 5.91 Å². The van der Waals surface area contributed by atoms with E-state index in [0.29, 0.717) is 17.3 Å². The molecule has 19 heavy (non-hydrogen) atoms. The van der Waals surface area contributed by atoms with Crippen LogP contribution in [0, 0.1) is 5.92 Å². The van der Waals surface area contributed by atoms with Crippen molar-refractivity contribution >= 4 is 11.6 Å². The first kappa shape index (κ1) is 13.9. The van der Waals surface area contributed by atoms with Crippen molar-refractivity contribution in [1.29, 1.82) is 0 Å². The largest absolute Gasteiger partial charge is 0.398 e. The van der Waals surface area contributed by atoms with Gasteiger partial charge in [-0.2, -0.15) is 0 Å². The van der Waals surface area contributed by atoms with Crippen LogP contribution >= 0.6 is 0 Å². The van der Waals surface area contributed by atoms with Crippen LogP contribution in [-0.4, -0.2) is 23.9 Å². The maximum atomic E-state index is 12.5. The minimum absolute atomic E-state index is 0.0537. The van der Waals surface area contributed by atoms with Gasteiger partial charge in [-0.25, -0.2) is 0 Å². The van der Waals surface area contributed by atoms with E-state index in [-0.39, 0.29) is 5.91 Å². The third-order valence-corrected chi connectivity index (χ3v) is 4.45. The second-order valence-corrected chi connectivity index (χ2v) is 5.59. The third kappa shape index (κ3) is 3.09. The molecule has 1 aromatic rings. The molecular formula is C16H24N2O. The summed E-state index contributed by atoms with van der Waals surface area (Å²) in [6.07, 6.45) is 5.98. The number of hydrogen-bond acceptors (Lipinski definition) is 2. The van der Waals surface area contributed by atoms with Crippen LogP contribution in [0.1, 0.15) is 49.4 Å². The number of anilines is 1. The average Bonchev–Trinajstić information content (AvgIpc) is 2.46. The zero-order chi connectivity index (χ0) is 13.8. The van der Waals surface area contributed by atoms with Gasteiger partial charge in [0, 0.05) is 18.8 Å². The van der Waals surface area contributed by atoms with Crippen LogP contribution in [0.15, 0.2) is 24.3 Å². The van der Waals surface area contributed by atoms with Crippen molar-refractivity contribution in [3.63, 3.8) is 0 Å². The smallest absolute Gasteiger partial charge is 0.255 e. The van der Waals surface area contributed by atoms with E-state index in [4.69, 9.17) is 5.73 Å². The second kappa shape index (κ2) is 6.09. The van der Waals surface area contributed by atoms with Crippen molar-refractivity contribution < 1.29 is 4.79 Å². The third-order valence-electron chi connectivity index (χ3n) is 4.45. The highest BCUT2D eigenvalue weighted by Gasteiger charge is 2.26. The van der Waals surface area contributed by atoms with Crippen molar-refractivity contribution in [2.45, 2.75) is 45.1 Å². The minimum atomic E-state index is 0.0537. The van der Waals surface area contributed by atoms with Crippen molar-refractivity contribution in [3.8, 4) is 0 Å². The van der Waals surface area contributed by atoms with Gasteiger partial charge in [-0.15, -0.1) is 0 Å². The van der Waals surface area contributed by atoms with Gasteiger partial charge in [-0.3, -0.25) is 4.79 Å². The molecular weight excluding hydrogens is 236 g/mol. The molecule has 1 aliphatic carbocycles. The fourth-order valence-electron chi connectivity index (χ4n) is 2.99. The number of hydrogen-bond donors (Lipinski definition) is 1. The van der Waals surface area contributed by atoms with Crippen LogP contribution in [0.2, 0.25) is 0 Å². The molecule has 0 heterocycles. The van der Waals surface area contributed by atoms with E-state index < -0.39 is 0 Å². The molecule has 1 aromatic carbocycles. The Morgan fingerprint density at radius 3 is 2.47 bits per heavy atom. The van der Waals surface area contributed by atoms with Gasteiger partial charge in [0.05, 0.1) is 5.56 Å². The molecule has 0 unspecified atom stereocenters. The summed E-state index contributed by atoms with van der Waals surface area (Å²) in [6.45, 7) is 2.25. The Kier molecular flexibility index (Phi) is 4.46. The Bertz CT molecular complexity index is 436. The molecule has 1 saturated carbocycles. The van der Waals surface area contributed by atoms with Crippen LogP contribution < -0.4 is 5.73 Å². The quantitative estimate of drug-likeness (QED) is 0.847. The zero-order valence-electron chi connectivity index (χ0n) is 11.9. The van der Waals surface area contributed by atoms with Crippen molar-refractivity contribution in [3.05, 3.63) is 29.8 Å². The summed E-state index contributed by atoms with van der Waals surface area (Å²) in [7, 11) is 1.91. The first-order chi connectivity index (χ1) is 9.13. The van der Waals surface area contributed by atoms with E-state index in [9.17, 15) is 4.79 Å². The molecule has 0 aliphatic heterocycles. The summed E-state index contributed by atoms with van der Waals surface area (Å²) in [5, 5.41) is 0. The van der Waals surface area contributed by atoms with Crippen molar-refractivity contribution in [1.82, 2.24) is 4.90 Å². The van der Waals surface area contributed by atoms with Gasteiger partial charge >= 0.3 is 0 Å². The van der Waals surface area contributed by atoms with E-state index in [2.05, 4.69) is 6.92 Å². The molecule has 0 saturated heterocycles. The summed E-state index contributed by atoms with van der Waals surface area (Å²) in [5.41, 5.74) is 7.08. The highest BCUT2D eigenvalue weighted by atomic mass is 16.2. The number of benzene rings is 1. The van der Waals surface area contributed by atoms with Gasteiger partial charge in [0.2, 0.25) is 0 Å². The Morgan fingerprint density at radius 2 is 1.89 bits per heavy atom. The summed E-state index contributed by atoms with van der Waals surface area (Å²) < 4.78 is 0. The second-order valence-electron chi connectivity index (χ2n) is 5.59. The van der Waals surface area contributed by atoms with E-state index >= 15 is 0 Å². The van der Waals surface area contributed by atoms with Crippen molar-refractivity contribution in [2.75, 3.05) is 12.8 Å². The first-order valence-electron chi connectivity index (χ1n) is 7.25. The van der Waals surface area contributed by atoms with Gasteiger partial charge in [0.15, 0.2) is 0 Å². The normalized spacial score (nSPS) is 23.1. The molecule has 1 aliphatic rings. The van der Waals surface area contributed by atoms with Crippen LogP contribution in [0.5, 0.6) is 0 Å². The average molecular weight is 260 g/mol. The lowest BCUT2D eigenvalue weighted by Gasteiger charge is -2.34. The lowest BCUT2D eigenvalue weighted by molar-refractivity contribution is 0.0676. The molecule has 1 fully saturated rings. The predicted molar refractivity (Wildman–Crippen MR) is 79.0 cm³/mol. The topological polar surface area (TPSA) is 46.3 Å². The van der Waals surface area contributed by atoms with Crippen molar-refractivity contribution in [2.24, 2.45) is 5.92 Å². The summed E-state index contributed by atoms with van der Waals surface area (Å²) >= 11 is 0. The van der Waals surface area contributed by atoms with E-state index in [1.807, 2.05) is 30.1 Å². The van der Waals surface area contributed by atoms with Gasteiger partial charge in [0.1, 0.15) is 0 Å². The Labute approximate surface area is 115 Å². The van der Waals surface area contributed by atoms with Gasteiger partial charge in [-0.1, -0.05) is 25.5 Å². The highest BCUT2D eigenvalue weighted by molar-refractivity contribution is 5.99. The number of nitrogens with zero attached hydrogens (tertiary/aromatic N) is 1. The van der Waals surface area contributed by atoms with E-state index in [1.54, 1.807) is 6.07 Å². The van der Waals surface area contributed by atoms with Gasteiger partial charge in [-0.05, 0) is 43.7 Å². The number of carbonyl (C=O) groups is 1. The Morgan fingerprint density at radius 1 is 1.26 bits per heavy atom. The molecule has 0 atom stereocenters. The van der Waals surface area contributed by atoms with Crippen LogP contribution in [0.25, 0.3) is 0 Å². The van der Waals surface area contributed by atoms with Gasteiger partial charge < -0.3 is 10.6 Å². The first-order valence-corrected chi connectivity index (χ1v) is 7.25. The standard InChI is InChI=1S/C16H24N2O/c1-3-12-8-10-13(11-9-12)18(2)16(19)14-6-4-5-7-15(14)17/h4-7,12-13H,3,8-11,17H2,1-2H3. The molecule has 2 N–H and O–H groups in total. The molecule has 0 bridgehead atoms. The summed E-state index contributed by atoms with van der Waals surface area (Å²) in [5.74, 6) is 0.902. The van der Waals surface area contributed by atoms with Crippen LogP contribution in [-0.2, 0) is 0 Å². The molecule has 0 radical (unpaired) electrons. The Hall–Kier alpha value is -1.51. The number of amides is 1. The van der Waals surface area contributed by atoms with E-state index in [0.717, 1.165) is 18.8 Å². The van der Waals surface area contributed by atoms with Crippen LogP contribution in [0.3, 0.4) is 0 Å². The number of nitrogens with two attached hydrogens (primary N) is 1. The molecule has 3 heteroatoms. The fourth-order valence-corrected chi connectivity index (χ4v) is 2.99. The highest BCUT2D eigenvalue weighted by Crippen LogP contribution is 2.29. The number of para-hydroxylation sites is 1. The molecule has 2 rings (SSSR count). The summed E-state index contributed by atoms with van der Waals surface area (Å²) in [6, 6.07) is 7.69. The lowest BCUT2D eigenvalue weighted by Crippen LogP contribution is -2.39. The SMILES string of the molecule is CCC1CCC(N(C)C(=O)c2ccccc2N)CC1. The predicted octanol–water partition coefficient (Wildman–Crippen LogP) is 3.31. The zero-order valence-corrected chi connectivity index (χ0v) is 11.9. The fraction of sp³-hybridized carbons (Fsp3) is 0.562. The van der Waals surface area contributed by atoms with E-state index in [1.165, 1.54) is 19.3 Å².